The Morgan fingerprint density at radius 3 is 2.84 bits per heavy atom. The minimum atomic E-state index is -0.458. The molecule has 3 heterocycles. The molecule has 3 aromatic rings. The number of carbonyl (C=O) groups is 1. The lowest BCUT2D eigenvalue weighted by Crippen LogP contribution is -2.34. The molecule has 0 radical (unpaired) electrons. The first kappa shape index (κ1) is 20.7. The van der Waals surface area contributed by atoms with E-state index in [1.54, 1.807) is 30.8 Å². The summed E-state index contributed by atoms with van der Waals surface area (Å²) in [5, 5.41) is 3.20. The van der Waals surface area contributed by atoms with Crippen molar-refractivity contribution in [2.45, 2.75) is 46.2 Å². The van der Waals surface area contributed by atoms with E-state index in [1.807, 2.05) is 26.1 Å². The van der Waals surface area contributed by atoms with E-state index >= 15 is 0 Å². The van der Waals surface area contributed by atoms with Crippen LogP contribution >= 0.6 is 0 Å². The zero-order valence-electron chi connectivity index (χ0n) is 17.8. The second-order valence-corrected chi connectivity index (χ2v) is 7.52. The van der Waals surface area contributed by atoms with E-state index in [9.17, 15) is 9.18 Å². The van der Waals surface area contributed by atoms with Crippen LogP contribution in [0.2, 0.25) is 0 Å². The highest BCUT2D eigenvalue weighted by Gasteiger charge is 2.35. The number of hydrogen-bond donors (Lipinski definition) is 1. The molecule has 0 aliphatic carbocycles. The molecular weight excluding hydrogens is 401 g/mol. The van der Waals surface area contributed by atoms with E-state index in [0.717, 1.165) is 12.1 Å². The number of amides is 1. The first-order valence-corrected chi connectivity index (χ1v) is 10.1. The molecule has 1 N–H and O–H groups in total. The van der Waals surface area contributed by atoms with Crippen molar-refractivity contribution in [1.29, 1.82) is 0 Å². The standard InChI is InChI=1S/C21H24FN7O2/c1-5-15-10-31-21(30)29(15)20-26-14(4)25-19(27-20)24-13(3)18-9-28(11-23-18)16-7-6-12(2)17(22)8-16/h6-9,11,13,15H,5,10H2,1-4H3,(H,24,25,26,27)/t13-,15-/m0/s1. The lowest BCUT2D eigenvalue weighted by Gasteiger charge is -2.19. The van der Waals surface area contributed by atoms with Crippen molar-refractivity contribution < 1.29 is 13.9 Å². The molecule has 4 rings (SSSR count). The molecule has 1 aromatic carbocycles. The molecule has 0 saturated carbocycles. The van der Waals surface area contributed by atoms with Gasteiger partial charge in [0, 0.05) is 11.9 Å². The number of anilines is 2. The molecule has 2 atom stereocenters. The van der Waals surface area contributed by atoms with Crippen LogP contribution in [-0.2, 0) is 4.74 Å². The number of hydrogen-bond acceptors (Lipinski definition) is 7. The normalized spacial score (nSPS) is 17.0. The topological polar surface area (TPSA) is 98.1 Å². The van der Waals surface area contributed by atoms with Gasteiger partial charge in [0.15, 0.2) is 0 Å². The van der Waals surface area contributed by atoms with Gasteiger partial charge in [0.25, 0.3) is 0 Å². The molecule has 1 aliphatic heterocycles. The molecule has 1 saturated heterocycles. The first-order valence-electron chi connectivity index (χ1n) is 10.1. The predicted molar refractivity (Wildman–Crippen MR) is 113 cm³/mol. The van der Waals surface area contributed by atoms with Crippen LogP contribution in [0.15, 0.2) is 30.7 Å². The number of imidazole rings is 1. The van der Waals surface area contributed by atoms with Gasteiger partial charge in [-0.1, -0.05) is 13.0 Å². The van der Waals surface area contributed by atoms with Crippen LogP contribution in [0.1, 0.15) is 43.4 Å². The first-order chi connectivity index (χ1) is 14.9. The van der Waals surface area contributed by atoms with Crippen molar-refractivity contribution in [3.63, 3.8) is 0 Å². The Balaban J connectivity index is 1.54. The Labute approximate surface area is 179 Å². The van der Waals surface area contributed by atoms with Crippen LogP contribution in [0.25, 0.3) is 5.69 Å². The summed E-state index contributed by atoms with van der Waals surface area (Å²) < 4.78 is 20.8. The van der Waals surface area contributed by atoms with Crippen molar-refractivity contribution in [3.05, 3.63) is 53.6 Å². The summed E-state index contributed by atoms with van der Waals surface area (Å²) in [6.07, 6.45) is 3.72. The van der Waals surface area contributed by atoms with Gasteiger partial charge in [-0.15, -0.1) is 0 Å². The Hall–Kier alpha value is -3.56. The van der Waals surface area contributed by atoms with E-state index in [2.05, 4.69) is 25.3 Å². The van der Waals surface area contributed by atoms with E-state index in [0.29, 0.717) is 29.6 Å². The second kappa shape index (κ2) is 8.29. The molecule has 9 nitrogen and oxygen atoms in total. The third-order valence-corrected chi connectivity index (χ3v) is 5.23. The lowest BCUT2D eigenvalue weighted by molar-refractivity contribution is 0.178. The number of nitrogens with zero attached hydrogens (tertiary/aromatic N) is 6. The summed E-state index contributed by atoms with van der Waals surface area (Å²) in [7, 11) is 0. The number of rotatable bonds is 6. The molecule has 1 amide bonds. The van der Waals surface area contributed by atoms with Gasteiger partial charge >= 0.3 is 6.09 Å². The average Bonchev–Trinajstić information content (AvgIpc) is 3.36. The maximum absolute atomic E-state index is 13.9. The predicted octanol–water partition coefficient (Wildman–Crippen LogP) is 3.72. The van der Waals surface area contributed by atoms with Crippen molar-refractivity contribution in [2.75, 3.05) is 16.8 Å². The van der Waals surface area contributed by atoms with Crippen molar-refractivity contribution >= 4 is 18.0 Å². The highest BCUT2D eigenvalue weighted by Crippen LogP contribution is 2.24. The summed E-state index contributed by atoms with van der Waals surface area (Å²) in [6, 6.07) is 4.69. The van der Waals surface area contributed by atoms with Gasteiger partial charge < -0.3 is 14.6 Å². The van der Waals surface area contributed by atoms with Crippen LogP contribution in [0.3, 0.4) is 0 Å². The lowest BCUT2D eigenvalue weighted by atomic mass is 10.2. The zero-order chi connectivity index (χ0) is 22.1. The van der Waals surface area contributed by atoms with Crippen molar-refractivity contribution in [1.82, 2.24) is 24.5 Å². The number of halogens is 1. The third kappa shape index (κ3) is 4.18. The second-order valence-electron chi connectivity index (χ2n) is 7.52. The fraction of sp³-hybridized carbons (Fsp3) is 0.381. The Bertz CT molecular complexity index is 1120. The van der Waals surface area contributed by atoms with Crippen LogP contribution in [0.5, 0.6) is 0 Å². The summed E-state index contributed by atoms with van der Waals surface area (Å²) >= 11 is 0. The molecule has 162 valence electrons. The van der Waals surface area contributed by atoms with E-state index in [1.165, 1.54) is 11.0 Å². The van der Waals surface area contributed by atoms with Gasteiger partial charge in [-0.3, -0.25) is 0 Å². The Kier molecular flexibility index (Phi) is 5.53. The molecule has 1 fully saturated rings. The largest absolute Gasteiger partial charge is 0.447 e. The zero-order valence-corrected chi connectivity index (χ0v) is 17.8. The number of carbonyl (C=O) groups excluding carboxylic acids is 1. The number of ether oxygens (including phenoxy) is 1. The van der Waals surface area contributed by atoms with E-state index < -0.39 is 6.09 Å². The molecule has 1 aliphatic rings. The summed E-state index contributed by atoms with van der Waals surface area (Å²) in [6.45, 7) is 7.67. The minimum Gasteiger partial charge on any atom is -0.447 e. The van der Waals surface area contributed by atoms with Gasteiger partial charge in [-0.25, -0.2) is 19.1 Å². The van der Waals surface area contributed by atoms with Gasteiger partial charge in [-0.05, 0) is 44.9 Å². The number of aromatic nitrogens is 5. The summed E-state index contributed by atoms with van der Waals surface area (Å²) in [5.74, 6) is 0.811. The van der Waals surface area contributed by atoms with Gasteiger partial charge in [-0.2, -0.15) is 15.0 Å². The maximum atomic E-state index is 13.9. The molecule has 10 heteroatoms. The maximum Gasteiger partial charge on any atom is 0.417 e. The van der Waals surface area contributed by atoms with Gasteiger partial charge in [0.1, 0.15) is 18.2 Å². The van der Waals surface area contributed by atoms with Gasteiger partial charge in [0.05, 0.1) is 24.1 Å². The fourth-order valence-electron chi connectivity index (χ4n) is 3.36. The van der Waals surface area contributed by atoms with Crippen LogP contribution in [0.4, 0.5) is 21.1 Å². The smallest absolute Gasteiger partial charge is 0.417 e. The minimum absolute atomic E-state index is 0.106. The van der Waals surface area contributed by atoms with Gasteiger partial charge in [0.2, 0.25) is 11.9 Å². The molecule has 31 heavy (non-hydrogen) atoms. The number of aryl methyl sites for hydroxylation is 2. The van der Waals surface area contributed by atoms with Crippen LogP contribution in [0, 0.1) is 19.7 Å². The number of benzene rings is 1. The van der Waals surface area contributed by atoms with Crippen LogP contribution < -0.4 is 10.2 Å². The number of nitrogens with one attached hydrogen (secondary N) is 1. The van der Waals surface area contributed by atoms with Crippen molar-refractivity contribution in [2.24, 2.45) is 0 Å². The Morgan fingerprint density at radius 1 is 1.29 bits per heavy atom. The molecule has 0 spiro atoms. The summed E-state index contributed by atoms with van der Waals surface area (Å²) in [5.41, 5.74) is 2.01. The van der Waals surface area contributed by atoms with Crippen LogP contribution in [-0.4, -0.2) is 43.2 Å². The molecule has 2 aromatic heterocycles. The van der Waals surface area contributed by atoms with E-state index in [4.69, 9.17) is 4.74 Å². The Morgan fingerprint density at radius 2 is 2.10 bits per heavy atom. The molecule has 0 unspecified atom stereocenters. The fourth-order valence-corrected chi connectivity index (χ4v) is 3.36. The highest BCUT2D eigenvalue weighted by atomic mass is 19.1. The molecule has 0 bridgehead atoms. The highest BCUT2D eigenvalue weighted by molar-refractivity contribution is 5.88. The summed E-state index contributed by atoms with van der Waals surface area (Å²) in [4.78, 5) is 31.1. The number of cyclic esters (lactones) is 1. The van der Waals surface area contributed by atoms with Crippen molar-refractivity contribution in [3.8, 4) is 5.69 Å². The quantitative estimate of drug-likeness (QED) is 0.643. The average molecular weight is 425 g/mol. The molecular formula is C21H24FN7O2. The third-order valence-electron chi connectivity index (χ3n) is 5.23. The monoisotopic (exact) mass is 425 g/mol. The van der Waals surface area contributed by atoms with E-state index in [-0.39, 0.29) is 23.8 Å². The SMILES string of the molecule is CC[C@H]1COC(=O)N1c1nc(C)nc(N[C@@H](C)c2cn(-c3ccc(C)c(F)c3)cn2)n1.